The summed E-state index contributed by atoms with van der Waals surface area (Å²) in [4.78, 5) is 20.7. The van der Waals surface area contributed by atoms with E-state index in [4.69, 9.17) is 14.6 Å². The molecule has 0 unspecified atom stereocenters. The largest absolute Gasteiger partial charge is 0.484 e. The second-order valence-corrected chi connectivity index (χ2v) is 3.29. The molecule has 0 aliphatic heterocycles. The van der Waals surface area contributed by atoms with E-state index in [9.17, 15) is 14.9 Å². The number of nitrogens with zero attached hydrogens (tertiary/aromatic N) is 1. The van der Waals surface area contributed by atoms with Gasteiger partial charge in [0.15, 0.2) is 5.75 Å². The average Bonchev–Trinajstić information content (AvgIpc) is 2.38. The lowest BCUT2D eigenvalue weighted by Gasteiger charge is -2.07. The number of aldehydes is 1. The maximum atomic E-state index is 10.7. The molecule has 1 aromatic carbocycles. The van der Waals surface area contributed by atoms with Crippen LogP contribution < -0.4 is 4.74 Å². The van der Waals surface area contributed by atoms with Gasteiger partial charge < -0.3 is 14.6 Å². The summed E-state index contributed by atoms with van der Waals surface area (Å²) in [6.07, 6.45) is 0.582. The number of nitro groups is 1. The number of hydrogen-bond acceptors (Lipinski definition) is 6. The van der Waals surface area contributed by atoms with Gasteiger partial charge in [0, 0.05) is 11.6 Å². The Morgan fingerprint density at radius 1 is 1.33 bits per heavy atom. The molecule has 0 bridgehead atoms. The van der Waals surface area contributed by atoms with Gasteiger partial charge in [-0.1, -0.05) is 0 Å². The summed E-state index contributed by atoms with van der Waals surface area (Å²) in [5.41, 5.74) is 0.0923. The van der Waals surface area contributed by atoms with Gasteiger partial charge in [-0.2, -0.15) is 0 Å². The second kappa shape index (κ2) is 7.36. The Labute approximate surface area is 103 Å². The summed E-state index contributed by atoms with van der Waals surface area (Å²) < 4.78 is 10.1. The van der Waals surface area contributed by atoms with Gasteiger partial charge in [-0.05, 0) is 12.1 Å². The summed E-state index contributed by atoms with van der Waals surface area (Å²) in [6.45, 7) is 0.382. The lowest BCUT2D eigenvalue weighted by Crippen LogP contribution is -2.10. The van der Waals surface area contributed by atoms with Crippen LogP contribution in [0.4, 0.5) is 5.69 Å². The van der Waals surface area contributed by atoms with Gasteiger partial charge >= 0.3 is 5.69 Å². The molecule has 0 radical (unpaired) electrons. The zero-order chi connectivity index (χ0) is 13.4. The van der Waals surface area contributed by atoms with Gasteiger partial charge in [-0.15, -0.1) is 0 Å². The van der Waals surface area contributed by atoms with E-state index in [1.54, 1.807) is 0 Å². The second-order valence-electron chi connectivity index (χ2n) is 3.29. The Morgan fingerprint density at radius 3 is 2.72 bits per heavy atom. The number of ether oxygens (including phenoxy) is 2. The van der Waals surface area contributed by atoms with Crippen molar-refractivity contribution in [2.24, 2.45) is 0 Å². The molecule has 0 fully saturated rings. The van der Waals surface area contributed by atoms with E-state index in [0.717, 1.165) is 0 Å². The van der Waals surface area contributed by atoms with Crippen LogP contribution >= 0.6 is 0 Å². The Bertz CT molecular complexity index is 420. The maximum absolute atomic E-state index is 10.7. The highest BCUT2D eigenvalue weighted by Gasteiger charge is 2.15. The number of nitro benzene ring substituents is 1. The van der Waals surface area contributed by atoms with E-state index in [-0.39, 0.29) is 37.9 Å². The number of hydrogen-bond donors (Lipinski definition) is 1. The Morgan fingerprint density at radius 2 is 2.11 bits per heavy atom. The Kier molecular flexibility index (Phi) is 5.75. The predicted molar refractivity (Wildman–Crippen MR) is 61.9 cm³/mol. The summed E-state index contributed by atoms with van der Waals surface area (Å²) in [5.74, 6) is 0.0252. The van der Waals surface area contributed by atoms with Crippen LogP contribution in [0.3, 0.4) is 0 Å². The molecule has 1 rings (SSSR count). The lowest BCUT2D eigenvalue weighted by atomic mass is 10.2. The van der Waals surface area contributed by atoms with Crippen LogP contribution in [0, 0.1) is 10.1 Å². The van der Waals surface area contributed by atoms with Crippen molar-refractivity contribution < 1.29 is 24.3 Å². The highest BCUT2D eigenvalue weighted by Crippen LogP contribution is 2.27. The summed E-state index contributed by atoms with van der Waals surface area (Å²) in [7, 11) is 0. The molecule has 0 spiro atoms. The highest BCUT2D eigenvalue weighted by atomic mass is 16.6. The quantitative estimate of drug-likeness (QED) is 0.319. The first-order valence-corrected chi connectivity index (χ1v) is 5.24. The van der Waals surface area contributed by atoms with Gasteiger partial charge in [-0.3, -0.25) is 14.9 Å². The van der Waals surface area contributed by atoms with Crippen molar-refractivity contribution in [1.82, 2.24) is 0 Å². The molecule has 0 amide bonds. The van der Waals surface area contributed by atoms with Crippen molar-refractivity contribution in [3.8, 4) is 5.75 Å². The third-order valence-corrected chi connectivity index (χ3v) is 2.04. The molecule has 0 saturated carbocycles. The van der Waals surface area contributed by atoms with Crippen LogP contribution in [0.1, 0.15) is 10.4 Å². The molecular weight excluding hydrogens is 242 g/mol. The summed E-state index contributed by atoms with van der Waals surface area (Å²) in [5, 5.41) is 19.2. The molecule has 1 N–H and O–H groups in total. The van der Waals surface area contributed by atoms with Gasteiger partial charge in [0.1, 0.15) is 12.9 Å². The van der Waals surface area contributed by atoms with Crippen LogP contribution in [-0.4, -0.2) is 42.7 Å². The molecule has 0 heterocycles. The number of aliphatic hydroxyl groups excluding tert-OH is 1. The molecule has 7 nitrogen and oxygen atoms in total. The van der Waals surface area contributed by atoms with Gasteiger partial charge in [0.25, 0.3) is 0 Å². The number of aliphatic hydroxyl groups is 1. The van der Waals surface area contributed by atoms with Gasteiger partial charge in [0.05, 0.1) is 24.7 Å². The smallest absolute Gasteiger partial charge is 0.310 e. The van der Waals surface area contributed by atoms with E-state index >= 15 is 0 Å². The van der Waals surface area contributed by atoms with Gasteiger partial charge in [0.2, 0.25) is 0 Å². The predicted octanol–water partition coefficient (Wildman–Crippen LogP) is 0.795. The third-order valence-electron chi connectivity index (χ3n) is 2.04. The van der Waals surface area contributed by atoms with Crippen molar-refractivity contribution in [1.29, 1.82) is 0 Å². The third kappa shape index (κ3) is 4.11. The van der Waals surface area contributed by atoms with Crippen LogP contribution in [0.15, 0.2) is 18.2 Å². The highest BCUT2D eigenvalue weighted by molar-refractivity contribution is 5.76. The molecule has 98 valence electrons. The van der Waals surface area contributed by atoms with E-state index in [2.05, 4.69) is 0 Å². The normalized spacial score (nSPS) is 10.1. The Balaban J connectivity index is 2.66. The Hall–Kier alpha value is -1.99. The molecular formula is C11H13NO6. The SMILES string of the molecule is O=Cc1ccc([N+](=O)[O-])c(OCCOCCO)c1. The van der Waals surface area contributed by atoms with E-state index in [1.165, 1.54) is 18.2 Å². The summed E-state index contributed by atoms with van der Waals surface area (Å²) in [6, 6.07) is 3.87. The fourth-order valence-electron chi connectivity index (χ4n) is 1.25. The number of carbonyl (C=O) groups excluding carboxylic acids is 1. The van der Waals surface area contributed by atoms with Crippen molar-refractivity contribution >= 4 is 12.0 Å². The molecule has 7 heteroatoms. The molecule has 0 saturated heterocycles. The van der Waals surface area contributed by atoms with E-state index in [0.29, 0.717) is 11.8 Å². The fraction of sp³-hybridized carbons (Fsp3) is 0.364. The fourth-order valence-corrected chi connectivity index (χ4v) is 1.25. The van der Waals surface area contributed by atoms with Crippen LogP contribution in [0.25, 0.3) is 0 Å². The average molecular weight is 255 g/mol. The minimum atomic E-state index is -0.585. The van der Waals surface area contributed by atoms with E-state index in [1.807, 2.05) is 0 Å². The topological polar surface area (TPSA) is 98.9 Å². The standard InChI is InChI=1S/C11H13NO6/c13-3-4-17-5-6-18-11-7-9(8-14)1-2-10(11)12(15)16/h1-2,7-8,13H,3-6H2. The van der Waals surface area contributed by atoms with Crippen molar-refractivity contribution in [3.63, 3.8) is 0 Å². The first kappa shape index (κ1) is 14.1. The monoisotopic (exact) mass is 255 g/mol. The lowest BCUT2D eigenvalue weighted by molar-refractivity contribution is -0.385. The minimum Gasteiger partial charge on any atom is -0.484 e. The minimum absolute atomic E-state index is 0.0252. The van der Waals surface area contributed by atoms with Crippen molar-refractivity contribution in [2.75, 3.05) is 26.4 Å². The number of carbonyl (C=O) groups is 1. The number of rotatable bonds is 8. The zero-order valence-electron chi connectivity index (χ0n) is 9.57. The molecule has 0 aromatic heterocycles. The zero-order valence-corrected chi connectivity index (χ0v) is 9.57. The maximum Gasteiger partial charge on any atom is 0.310 e. The van der Waals surface area contributed by atoms with Crippen LogP contribution in [0.5, 0.6) is 5.75 Å². The molecule has 0 aliphatic carbocycles. The molecule has 0 atom stereocenters. The molecule has 1 aromatic rings. The molecule has 18 heavy (non-hydrogen) atoms. The van der Waals surface area contributed by atoms with E-state index < -0.39 is 4.92 Å². The number of benzene rings is 1. The first-order chi connectivity index (χ1) is 8.69. The van der Waals surface area contributed by atoms with Crippen molar-refractivity contribution in [3.05, 3.63) is 33.9 Å². The summed E-state index contributed by atoms with van der Waals surface area (Å²) >= 11 is 0. The van der Waals surface area contributed by atoms with Crippen molar-refractivity contribution in [2.45, 2.75) is 0 Å². The van der Waals surface area contributed by atoms with Crippen LogP contribution in [-0.2, 0) is 4.74 Å². The molecule has 0 aliphatic rings. The van der Waals surface area contributed by atoms with Gasteiger partial charge in [-0.25, -0.2) is 0 Å². The van der Waals surface area contributed by atoms with Crippen LogP contribution in [0.2, 0.25) is 0 Å². The first-order valence-electron chi connectivity index (χ1n) is 5.24.